The minimum absolute atomic E-state index is 0.141. The Bertz CT molecular complexity index is 2080. The normalized spacial score (nSPS) is 12.0. The van der Waals surface area contributed by atoms with E-state index in [4.69, 9.17) is 5.26 Å². The van der Waals surface area contributed by atoms with Crippen molar-refractivity contribution in [3.05, 3.63) is 149 Å². The highest BCUT2D eigenvalue weighted by atomic mass is 32.2. The number of imidazole rings is 1. The highest BCUT2D eigenvalue weighted by Gasteiger charge is 2.32. The van der Waals surface area contributed by atoms with Gasteiger partial charge in [-0.15, -0.1) is 11.3 Å². The zero-order chi connectivity index (χ0) is 31.2. The number of carbonyl (C=O) groups is 1. The van der Waals surface area contributed by atoms with Crippen LogP contribution in [0.4, 0.5) is 5.69 Å². The maximum atomic E-state index is 14.1. The first kappa shape index (κ1) is 29.8. The van der Waals surface area contributed by atoms with Crippen molar-refractivity contribution < 1.29 is 13.2 Å². The first-order valence-corrected chi connectivity index (χ1v) is 16.7. The van der Waals surface area contributed by atoms with Gasteiger partial charge in [0.05, 0.1) is 39.6 Å². The summed E-state index contributed by atoms with van der Waals surface area (Å²) in [4.78, 5) is 18.0. The summed E-state index contributed by atoms with van der Waals surface area (Å²) in [7, 11) is -3.92. The van der Waals surface area contributed by atoms with E-state index < -0.39 is 15.2 Å². The maximum absolute atomic E-state index is 14.1. The summed E-state index contributed by atoms with van der Waals surface area (Å²) in [6, 6.07) is 35.0. The molecule has 1 atom stereocenters. The monoisotopic (exact) mass is 631 g/mol. The molecule has 0 radical (unpaired) electrons. The quantitative estimate of drug-likeness (QED) is 0.167. The fraction of sp³-hybridized carbons (Fsp3) is 0.114. The lowest BCUT2D eigenvalue weighted by atomic mass is 10.1. The van der Waals surface area contributed by atoms with Gasteiger partial charge in [0.15, 0.2) is 5.37 Å². The second-order valence-corrected chi connectivity index (χ2v) is 13.6. The Labute approximate surface area is 265 Å². The molecule has 2 N–H and O–H groups in total. The highest BCUT2D eigenvalue weighted by Crippen LogP contribution is 2.34. The smallest absolute Gasteiger partial charge is 0.261 e. The van der Waals surface area contributed by atoms with E-state index in [0.717, 1.165) is 27.6 Å². The molecule has 0 aliphatic carbocycles. The van der Waals surface area contributed by atoms with Gasteiger partial charge in [0.2, 0.25) is 9.84 Å². The molecule has 1 unspecified atom stereocenters. The fourth-order valence-electron chi connectivity index (χ4n) is 5.07. The van der Waals surface area contributed by atoms with Crippen LogP contribution in [0.3, 0.4) is 0 Å². The van der Waals surface area contributed by atoms with Crippen LogP contribution in [0.15, 0.2) is 127 Å². The molecular formula is C35H29N5O3S2. The topological polar surface area (TPSA) is 117 Å². The van der Waals surface area contributed by atoms with Crippen LogP contribution in [0.25, 0.3) is 10.1 Å². The standard InChI is InChI=1S/C35H29N5O3S2/c36-21-26-11-13-27(14-12-26)23-40-24-37-22-31(40)35(45(42,43)30-9-5-2-6-10-30)39-29-15-16-32-28(19-29)20-33(44-32)34(41)38-18-17-25-7-3-1-4-8-25/h1-16,19-20,22,24,35,39H,17-18,23H2,(H,38,41). The Kier molecular flexibility index (Phi) is 8.73. The van der Waals surface area contributed by atoms with Crippen molar-refractivity contribution >= 4 is 42.9 Å². The largest absolute Gasteiger partial charge is 0.364 e. The second kappa shape index (κ2) is 13.2. The molecule has 10 heteroatoms. The van der Waals surface area contributed by atoms with Crippen LogP contribution in [-0.4, -0.2) is 30.4 Å². The van der Waals surface area contributed by atoms with Gasteiger partial charge < -0.3 is 15.2 Å². The van der Waals surface area contributed by atoms with Gasteiger partial charge in [-0.25, -0.2) is 13.4 Å². The van der Waals surface area contributed by atoms with Crippen molar-refractivity contribution in [1.29, 1.82) is 5.26 Å². The van der Waals surface area contributed by atoms with Gasteiger partial charge in [-0.1, -0.05) is 60.7 Å². The van der Waals surface area contributed by atoms with Gasteiger partial charge >= 0.3 is 0 Å². The molecule has 224 valence electrons. The molecule has 0 bridgehead atoms. The van der Waals surface area contributed by atoms with Gasteiger partial charge in [0.1, 0.15) is 0 Å². The van der Waals surface area contributed by atoms with E-state index >= 15 is 0 Å². The third-order valence-electron chi connectivity index (χ3n) is 7.41. The predicted molar refractivity (Wildman–Crippen MR) is 177 cm³/mol. The first-order chi connectivity index (χ1) is 21.9. The molecule has 1 amide bonds. The number of carbonyl (C=O) groups excluding carboxylic acids is 1. The number of aromatic nitrogens is 2. The Morgan fingerprint density at radius 3 is 2.38 bits per heavy atom. The lowest BCUT2D eigenvalue weighted by molar-refractivity contribution is 0.0958. The van der Waals surface area contributed by atoms with E-state index in [0.29, 0.717) is 34.9 Å². The van der Waals surface area contributed by atoms with Gasteiger partial charge in [-0.05, 0) is 71.5 Å². The van der Waals surface area contributed by atoms with Crippen LogP contribution >= 0.6 is 11.3 Å². The number of nitrogens with one attached hydrogen (secondary N) is 2. The summed E-state index contributed by atoms with van der Waals surface area (Å²) < 4.78 is 30.9. The lowest BCUT2D eigenvalue weighted by Gasteiger charge is -2.22. The van der Waals surface area contributed by atoms with Crippen molar-refractivity contribution in [3.8, 4) is 6.07 Å². The molecular weight excluding hydrogens is 603 g/mol. The average Bonchev–Trinajstić information content (AvgIpc) is 3.71. The molecule has 0 fully saturated rings. The van der Waals surface area contributed by atoms with Crippen LogP contribution in [0, 0.1) is 11.3 Å². The zero-order valence-electron chi connectivity index (χ0n) is 24.1. The number of anilines is 1. The van der Waals surface area contributed by atoms with Crippen molar-refractivity contribution in [2.75, 3.05) is 11.9 Å². The van der Waals surface area contributed by atoms with Crippen molar-refractivity contribution in [2.45, 2.75) is 23.2 Å². The summed E-state index contributed by atoms with van der Waals surface area (Å²) >= 11 is 1.39. The summed E-state index contributed by atoms with van der Waals surface area (Å²) in [6.07, 6.45) is 3.90. The molecule has 45 heavy (non-hydrogen) atoms. The van der Waals surface area contributed by atoms with Crippen LogP contribution in [0.5, 0.6) is 0 Å². The number of hydrogen-bond donors (Lipinski definition) is 2. The molecule has 0 aliphatic rings. The predicted octanol–water partition coefficient (Wildman–Crippen LogP) is 6.57. The number of rotatable bonds is 11. The zero-order valence-corrected chi connectivity index (χ0v) is 25.8. The molecule has 4 aromatic carbocycles. The minimum atomic E-state index is -3.92. The fourth-order valence-corrected chi connectivity index (χ4v) is 7.64. The van der Waals surface area contributed by atoms with E-state index in [1.165, 1.54) is 11.3 Å². The number of nitriles is 1. The summed E-state index contributed by atoms with van der Waals surface area (Å²) in [6.45, 7) is 0.898. The number of amides is 1. The summed E-state index contributed by atoms with van der Waals surface area (Å²) in [5.41, 5.74) is 3.66. The van der Waals surface area contributed by atoms with Crippen molar-refractivity contribution in [3.63, 3.8) is 0 Å². The molecule has 0 saturated carbocycles. The Morgan fingerprint density at radius 2 is 1.64 bits per heavy atom. The lowest BCUT2D eigenvalue weighted by Crippen LogP contribution is -2.24. The molecule has 0 aliphatic heterocycles. The molecule has 6 rings (SSSR count). The maximum Gasteiger partial charge on any atom is 0.261 e. The SMILES string of the molecule is N#Cc1ccc(Cn2cncc2C(Nc2ccc3sc(C(=O)NCCc4ccccc4)cc3c2)S(=O)(=O)c2ccccc2)cc1. The Morgan fingerprint density at radius 1 is 0.911 bits per heavy atom. The third kappa shape index (κ3) is 6.80. The summed E-state index contributed by atoms with van der Waals surface area (Å²) in [5.74, 6) is -0.141. The summed E-state index contributed by atoms with van der Waals surface area (Å²) in [5, 5.41) is 15.1. The number of fused-ring (bicyclic) bond motifs is 1. The number of benzene rings is 4. The van der Waals surface area contributed by atoms with E-state index in [1.807, 2.05) is 66.7 Å². The van der Waals surface area contributed by atoms with Gasteiger partial charge in [0, 0.05) is 23.5 Å². The van der Waals surface area contributed by atoms with Gasteiger partial charge in [-0.3, -0.25) is 4.79 Å². The molecule has 2 heterocycles. The van der Waals surface area contributed by atoms with E-state index in [1.54, 1.807) is 59.6 Å². The van der Waals surface area contributed by atoms with Crippen molar-refractivity contribution in [2.24, 2.45) is 0 Å². The van der Waals surface area contributed by atoms with E-state index in [2.05, 4.69) is 21.7 Å². The molecule has 2 aromatic heterocycles. The van der Waals surface area contributed by atoms with Crippen LogP contribution in [-0.2, 0) is 22.8 Å². The Balaban J connectivity index is 1.27. The first-order valence-electron chi connectivity index (χ1n) is 14.3. The molecule has 0 saturated heterocycles. The minimum Gasteiger partial charge on any atom is -0.364 e. The number of hydrogen-bond acceptors (Lipinski definition) is 7. The molecule has 6 aromatic rings. The Hall–Kier alpha value is -5.24. The number of sulfone groups is 1. The van der Waals surface area contributed by atoms with E-state index in [9.17, 15) is 13.2 Å². The van der Waals surface area contributed by atoms with Crippen molar-refractivity contribution in [1.82, 2.24) is 14.9 Å². The molecule has 8 nitrogen and oxygen atoms in total. The highest BCUT2D eigenvalue weighted by molar-refractivity contribution is 7.91. The second-order valence-electron chi connectivity index (χ2n) is 10.5. The van der Waals surface area contributed by atoms with Crippen LogP contribution < -0.4 is 10.6 Å². The number of thiophene rings is 1. The van der Waals surface area contributed by atoms with Gasteiger partial charge in [0.25, 0.3) is 5.91 Å². The average molecular weight is 632 g/mol. The van der Waals surface area contributed by atoms with Gasteiger partial charge in [-0.2, -0.15) is 5.26 Å². The van der Waals surface area contributed by atoms with Crippen LogP contribution in [0.1, 0.15) is 37.4 Å². The molecule has 0 spiro atoms. The van der Waals surface area contributed by atoms with Crippen LogP contribution in [0.2, 0.25) is 0 Å². The number of nitrogens with zero attached hydrogens (tertiary/aromatic N) is 3. The van der Waals surface area contributed by atoms with E-state index in [-0.39, 0.29) is 10.8 Å². The third-order valence-corrected chi connectivity index (χ3v) is 10.4.